The number of rotatable bonds is 2. The summed E-state index contributed by atoms with van der Waals surface area (Å²) in [5.74, 6) is 2.14. The first-order chi connectivity index (χ1) is 2.91. The molecule has 0 radical (unpaired) electrons. The molecule has 0 spiro atoms. The zero-order valence-electron chi connectivity index (χ0n) is 3.77. The molecular weight excluding hydrogens is 141 g/mol. The fourth-order valence-corrected chi connectivity index (χ4v) is 0.768. The molecule has 0 aliphatic carbocycles. The molecule has 0 aromatic heterocycles. The molecule has 0 saturated heterocycles. The third-order valence-corrected chi connectivity index (χ3v) is 1.70. The van der Waals surface area contributed by atoms with E-state index in [0.717, 1.165) is 11.7 Å². The second-order valence-corrected chi connectivity index (χ2v) is 2.97. The molecule has 0 amide bonds. The summed E-state index contributed by atoms with van der Waals surface area (Å²) in [6.45, 7) is 0. The van der Waals surface area contributed by atoms with E-state index in [1.54, 1.807) is 0 Å². The Morgan fingerprint density at radius 1 is 1.83 bits per heavy atom. The van der Waals surface area contributed by atoms with Gasteiger partial charge < -0.3 is 0 Å². The predicted octanol–water partition coefficient (Wildman–Crippen LogP) is 1.07. The first kappa shape index (κ1) is 6.01. The van der Waals surface area contributed by atoms with Gasteiger partial charge in [0.2, 0.25) is 0 Å². The molecule has 0 aromatic carbocycles. The summed E-state index contributed by atoms with van der Waals surface area (Å²) in [7, 11) is 0. The Hall–Kier alpha value is 0.00948. The van der Waals surface area contributed by atoms with Gasteiger partial charge in [-0.25, -0.2) is 0 Å². The van der Waals surface area contributed by atoms with Crippen molar-refractivity contribution >= 4 is 15.0 Å². The summed E-state index contributed by atoms with van der Waals surface area (Å²) in [6, 6.07) is 2.08. The van der Waals surface area contributed by atoms with E-state index in [2.05, 4.69) is 11.9 Å². The van der Waals surface area contributed by atoms with Gasteiger partial charge in [0.1, 0.15) is 0 Å². The van der Waals surface area contributed by atoms with Crippen LogP contribution >= 0.6 is 0 Å². The number of nitrogens with zero attached hydrogens (tertiary/aromatic N) is 1. The normalized spacial score (nSPS) is 7.33. The summed E-state index contributed by atoms with van der Waals surface area (Å²) < 4.78 is 0. The van der Waals surface area contributed by atoms with Gasteiger partial charge in [0.25, 0.3) is 0 Å². The van der Waals surface area contributed by atoms with Crippen molar-refractivity contribution in [3.63, 3.8) is 0 Å². The molecule has 0 aromatic rings. The van der Waals surface area contributed by atoms with Gasteiger partial charge in [0.05, 0.1) is 0 Å². The van der Waals surface area contributed by atoms with Crippen LogP contribution < -0.4 is 0 Å². The number of hydrogen-bond acceptors (Lipinski definition) is 1. The zero-order chi connectivity index (χ0) is 4.83. The van der Waals surface area contributed by atoms with Gasteiger partial charge in [-0.15, -0.1) is 0 Å². The van der Waals surface area contributed by atoms with Crippen LogP contribution in [0.2, 0.25) is 11.1 Å². The van der Waals surface area contributed by atoms with Gasteiger partial charge in [-0.1, -0.05) is 0 Å². The second-order valence-electron chi connectivity index (χ2n) is 0.901. The Labute approximate surface area is 44.5 Å². The summed E-state index contributed by atoms with van der Waals surface area (Å²) in [4.78, 5) is 0. The molecule has 0 bridgehead atoms. The van der Waals surface area contributed by atoms with Crippen molar-refractivity contribution in [2.45, 2.75) is 17.6 Å². The van der Waals surface area contributed by atoms with Gasteiger partial charge in [0.15, 0.2) is 0 Å². The molecule has 0 saturated carbocycles. The number of hydrogen-bond donors (Lipinski definition) is 0. The van der Waals surface area contributed by atoms with Crippen molar-refractivity contribution in [2.24, 2.45) is 0 Å². The maximum absolute atomic E-state index is 7.96. The van der Waals surface area contributed by atoms with Gasteiger partial charge in [-0.2, -0.15) is 0 Å². The quantitative estimate of drug-likeness (QED) is 0.424. The third-order valence-electron chi connectivity index (χ3n) is 0.418. The Balaban J connectivity index is 2.54. The molecule has 0 aliphatic heterocycles. The molecule has 0 N–H and O–H groups in total. The summed E-state index contributed by atoms with van der Waals surface area (Å²) in [6.07, 6.45) is 0.747. The average molecular weight is 148 g/mol. The van der Waals surface area contributed by atoms with Crippen molar-refractivity contribution in [1.82, 2.24) is 0 Å². The Morgan fingerprint density at radius 2 is 2.50 bits per heavy atom. The fraction of sp³-hybridized carbons (Fsp3) is 0.750. The van der Waals surface area contributed by atoms with Crippen molar-refractivity contribution in [3.8, 4) is 6.07 Å². The molecular formula is C4H7NSe. The topological polar surface area (TPSA) is 23.8 Å². The van der Waals surface area contributed by atoms with Crippen LogP contribution in [0.5, 0.6) is 0 Å². The van der Waals surface area contributed by atoms with E-state index in [1.165, 1.54) is 0 Å². The first-order valence-electron chi connectivity index (χ1n) is 1.77. The van der Waals surface area contributed by atoms with Crippen LogP contribution in [0, 0.1) is 11.3 Å². The summed E-state index contributed by atoms with van der Waals surface area (Å²) in [5.41, 5.74) is 0. The Morgan fingerprint density at radius 3 is 2.67 bits per heavy atom. The van der Waals surface area contributed by atoms with E-state index in [1.807, 2.05) is 0 Å². The SMILES string of the molecule is C[Se]CCC#N. The summed E-state index contributed by atoms with van der Waals surface area (Å²) >= 11 is 0.704. The fourth-order valence-electron chi connectivity index (χ4n) is 0.148. The van der Waals surface area contributed by atoms with Crippen molar-refractivity contribution in [1.29, 1.82) is 5.26 Å². The van der Waals surface area contributed by atoms with Crippen LogP contribution in [0.4, 0.5) is 0 Å². The summed E-state index contributed by atoms with van der Waals surface area (Å²) in [5, 5.41) is 9.07. The molecule has 0 aliphatic rings. The van der Waals surface area contributed by atoms with Crippen LogP contribution in [0.1, 0.15) is 6.42 Å². The average Bonchev–Trinajstić information content (AvgIpc) is 1.61. The molecule has 0 unspecified atom stereocenters. The molecule has 1 nitrogen and oxygen atoms in total. The number of nitriles is 1. The molecule has 0 fully saturated rings. The second kappa shape index (κ2) is 5.01. The van der Waals surface area contributed by atoms with Gasteiger partial charge >= 0.3 is 43.9 Å². The molecule has 2 heteroatoms. The van der Waals surface area contributed by atoms with Gasteiger partial charge in [0, 0.05) is 0 Å². The van der Waals surface area contributed by atoms with Crippen LogP contribution in [0.25, 0.3) is 0 Å². The van der Waals surface area contributed by atoms with Crippen LogP contribution in [-0.4, -0.2) is 15.0 Å². The van der Waals surface area contributed by atoms with E-state index in [9.17, 15) is 0 Å². The zero-order valence-corrected chi connectivity index (χ0v) is 5.48. The molecule has 0 atom stereocenters. The van der Waals surface area contributed by atoms with E-state index >= 15 is 0 Å². The van der Waals surface area contributed by atoms with Crippen LogP contribution in [0.3, 0.4) is 0 Å². The van der Waals surface area contributed by atoms with Crippen molar-refractivity contribution in [2.75, 3.05) is 0 Å². The maximum atomic E-state index is 7.96. The van der Waals surface area contributed by atoms with Crippen molar-refractivity contribution in [3.05, 3.63) is 0 Å². The standard InChI is InChI=1S/C4H7NSe/c1-6-4-2-3-5/h2,4H2,1H3. The first-order valence-corrected chi connectivity index (χ1v) is 4.70. The Kier molecular flexibility index (Phi) is 5.02. The minimum absolute atomic E-state index is 0.704. The van der Waals surface area contributed by atoms with E-state index in [4.69, 9.17) is 5.26 Å². The van der Waals surface area contributed by atoms with Crippen LogP contribution in [-0.2, 0) is 0 Å². The molecule has 0 heterocycles. The van der Waals surface area contributed by atoms with Crippen LogP contribution in [0.15, 0.2) is 0 Å². The molecule has 6 heavy (non-hydrogen) atoms. The van der Waals surface area contributed by atoms with E-state index in [0.29, 0.717) is 15.0 Å². The molecule has 34 valence electrons. The van der Waals surface area contributed by atoms with E-state index < -0.39 is 0 Å². The van der Waals surface area contributed by atoms with Crippen molar-refractivity contribution < 1.29 is 0 Å². The van der Waals surface area contributed by atoms with Gasteiger partial charge in [-0.05, 0) is 0 Å². The van der Waals surface area contributed by atoms with Gasteiger partial charge in [-0.3, -0.25) is 0 Å². The van der Waals surface area contributed by atoms with E-state index in [-0.39, 0.29) is 0 Å². The minimum atomic E-state index is 0.704. The molecule has 0 rings (SSSR count). The monoisotopic (exact) mass is 149 g/mol. The Bertz CT molecular complexity index is 55.1. The third kappa shape index (κ3) is 4.01. The predicted molar refractivity (Wildman–Crippen MR) is 26.7 cm³/mol.